The zero-order valence-corrected chi connectivity index (χ0v) is 9.52. The molecule has 3 unspecified atom stereocenters. The Morgan fingerprint density at radius 1 is 1.54 bits per heavy atom. The van der Waals surface area contributed by atoms with Crippen LogP contribution in [0.15, 0.2) is 0 Å². The Bertz CT molecular complexity index is 198. The maximum absolute atomic E-state index is 5.66. The van der Waals surface area contributed by atoms with Crippen molar-refractivity contribution in [1.82, 2.24) is 10.2 Å². The lowest BCUT2D eigenvalue weighted by molar-refractivity contribution is 0.0537. The Morgan fingerprint density at radius 2 is 2.15 bits per heavy atom. The van der Waals surface area contributed by atoms with Crippen molar-refractivity contribution in [2.45, 2.75) is 38.5 Å². The molecule has 1 aliphatic rings. The quantitative estimate of drug-likeness (QED) is 0.641. The minimum Gasteiger partial charge on any atom is -0.373 e. The van der Waals surface area contributed by atoms with Gasteiger partial charge in [-0.15, -0.1) is 0 Å². The van der Waals surface area contributed by atoms with Crippen molar-refractivity contribution in [2.24, 2.45) is 0 Å². The van der Waals surface area contributed by atoms with Gasteiger partial charge in [-0.3, -0.25) is 0 Å². The summed E-state index contributed by atoms with van der Waals surface area (Å²) in [5, 5.41) is 3.77. The second kappa shape index (κ2) is 4.24. The summed E-state index contributed by atoms with van der Waals surface area (Å²) in [5.41, 5.74) is 0. The Labute approximate surface area is 85.4 Å². The average Bonchev–Trinajstić information content (AvgIpc) is 2.42. The molecule has 0 amide bonds. The predicted octanol–water partition coefficient (Wildman–Crippen LogP) is 0.988. The number of nitrogens with one attached hydrogen (secondary N) is 1. The van der Waals surface area contributed by atoms with Crippen LogP contribution in [0.25, 0.3) is 0 Å². The first-order valence-electron chi connectivity index (χ1n) is 4.66. The lowest BCUT2D eigenvalue weighted by Crippen LogP contribution is -2.45. The molecule has 1 heterocycles. The normalized spacial score (nSPS) is 33.1. The molecule has 0 spiro atoms. The average molecular weight is 202 g/mol. The minimum atomic E-state index is 0.270. The number of likely N-dealkylation sites (N-methyl/N-ethyl adjacent to an activating group) is 1. The fraction of sp³-hybridized carbons (Fsp3) is 0.889. The molecule has 3 atom stereocenters. The lowest BCUT2D eigenvalue weighted by atomic mass is 10.1. The molecule has 0 aromatic rings. The van der Waals surface area contributed by atoms with E-state index in [1.54, 1.807) is 0 Å². The number of hydrogen-bond donors (Lipinski definition) is 1. The van der Waals surface area contributed by atoms with E-state index in [-0.39, 0.29) is 6.10 Å². The van der Waals surface area contributed by atoms with Crippen LogP contribution in [0.4, 0.5) is 0 Å². The van der Waals surface area contributed by atoms with Crippen molar-refractivity contribution >= 4 is 17.3 Å². The zero-order chi connectivity index (χ0) is 10.0. The first-order chi connectivity index (χ1) is 6.06. The van der Waals surface area contributed by atoms with Crippen molar-refractivity contribution in [3.8, 4) is 0 Å². The van der Waals surface area contributed by atoms with Gasteiger partial charge in [0.05, 0.1) is 18.2 Å². The van der Waals surface area contributed by atoms with Crippen molar-refractivity contribution < 1.29 is 4.74 Å². The van der Waals surface area contributed by atoms with E-state index >= 15 is 0 Å². The molecule has 0 aromatic heterocycles. The fourth-order valence-corrected chi connectivity index (χ4v) is 1.98. The monoisotopic (exact) mass is 202 g/mol. The van der Waals surface area contributed by atoms with Crippen LogP contribution < -0.4 is 5.32 Å². The molecule has 1 rings (SSSR count). The molecule has 0 aromatic carbocycles. The van der Waals surface area contributed by atoms with Crippen LogP contribution in [0.5, 0.6) is 0 Å². The summed E-state index contributed by atoms with van der Waals surface area (Å²) >= 11 is 5.17. The molecule has 0 saturated carbocycles. The summed E-state index contributed by atoms with van der Waals surface area (Å²) in [7, 11) is 3.87. The second-order valence-corrected chi connectivity index (χ2v) is 4.01. The summed E-state index contributed by atoms with van der Waals surface area (Å²) in [6.45, 7) is 4.20. The fourth-order valence-electron chi connectivity index (χ4n) is 1.84. The highest BCUT2D eigenvalue weighted by molar-refractivity contribution is 7.80. The van der Waals surface area contributed by atoms with Gasteiger partial charge in [-0.05, 0) is 32.5 Å². The number of nitrogens with zero attached hydrogens (tertiary/aromatic N) is 1. The van der Waals surface area contributed by atoms with E-state index in [9.17, 15) is 0 Å². The Kier molecular flexibility index (Phi) is 3.50. The first-order valence-corrected chi connectivity index (χ1v) is 5.07. The Morgan fingerprint density at radius 3 is 2.54 bits per heavy atom. The SMILES string of the molecule is CNC(=S)N(C)C1CC(C)OC1C. The van der Waals surface area contributed by atoms with Crippen LogP contribution in [0.1, 0.15) is 20.3 Å². The van der Waals surface area contributed by atoms with E-state index in [1.165, 1.54) is 0 Å². The van der Waals surface area contributed by atoms with Gasteiger partial charge in [-0.25, -0.2) is 0 Å². The van der Waals surface area contributed by atoms with Crippen molar-refractivity contribution in [1.29, 1.82) is 0 Å². The topological polar surface area (TPSA) is 24.5 Å². The number of ether oxygens (including phenoxy) is 1. The lowest BCUT2D eigenvalue weighted by Gasteiger charge is -2.28. The Hall–Kier alpha value is -0.350. The van der Waals surface area contributed by atoms with Crippen LogP contribution >= 0.6 is 12.2 Å². The van der Waals surface area contributed by atoms with E-state index in [0.29, 0.717) is 12.1 Å². The van der Waals surface area contributed by atoms with E-state index < -0.39 is 0 Å². The molecular weight excluding hydrogens is 184 g/mol. The van der Waals surface area contributed by atoms with Gasteiger partial charge in [0.15, 0.2) is 5.11 Å². The molecule has 1 fully saturated rings. The second-order valence-electron chi connectivity index (χ2n) is 3.62. The Balaban J connectivity index is 2.56. The van der Waals surface area contributed by atoms with Crippen LogP contribution in [-0.2, 0) is 4.74 Å². The van der Waals surface area contributed by atoms with Crippen molar-refractivity contribution in [3.63, 3.8) is 0 Å². The molecule has 1 N–H and O–H groups in total. The van der Waals surface area contributed by atoms with Crippen LogP contribution in [0, 0.1) is 0 Å². The van der Waals surface area contributed by atoms with Gasteiger partial charge in [0.25, 0.3) is 0 Å². The van der Waals surface area contributed by atoms with Gasteiger partial charge >= 0.3 is 0 Å². The van der Waals surface area contributed by atoms with E-state index in [4.69, 9.17) is 17.0 Å². The summed E-state index contributed by atoms with van der Waals surface area (Å²) in [4.78, 5) is 2.09. The summed E-state index contributed by atoms with van der Waals surface area (Å²) < 4.78 is 5.66. The minimum absolute atomic E-state index is 0.270. The molecule has 0 radical (unpaired) electrons. The van der Waals surface area contributed by atoms with Crippen molar-refractivity contribution in [2.75, 3.05) is 14.1 Å². The molecular formula is C9H18N2OS. The molecule has 76 valence electrons. The van der Waals surface area contributed by atoms with Gasteiger partial charge < -0.3 is 15.0 Å². The van der Waals surface area contributed by atoms with Crippen LogP contribution in [0.3, 0.4) is 0 Å². The van der Waals surface area contributed by atoms with Gasteiger partial charge in [-0.2, -0.15) is 0 Å². The number of rotatable bonds is 1. The number of thiocarbonyl (C=S) groups is 1. The highest BCUT2D eigenvalue weighted by atomic mass is 32.1. The molecule has 13 heavy (non-hydrogen) atoms. The smallest absolute Gasteiger partial charge is 0.168 e. The predicted molar refractivity (Wildman–Crippen MR) is 57.8 cm³/mol. The number of hydrogen-bond acceptors (Lipinski definition) is 2. The third-order valence-electron chi connectivity index (χ3n) is 2.59. The first kappa shape index (κ1) is 10.7. The van der Waals surface area contributed by atoms with Gasteiger partial charge in [0.1, 0.15) is 0 Å². The van der Waals surface area contributed by atoms with Crippen molar-refractivity contribution in [3.05, 3.63) is 0 Å². The molecule has 1 aliphatic heterocycles. The summed E-state index contributed by atoms with van der Waals surface area (Å²) in [5.74, 6) is 0. The zero-order valence-electron chi connectivity index (χ0n) is 8.70. The van der Waals surface area contributed by atoms with E-state index in [0.717, 1.165) is 11.5 Å². The van der Waals surface area contributed by atoms with Crippen LogP contribution in [0.2, 0.25) is 0 Å². The highest BCUT2D eigenvalue weighted by Crippen LogP contribution is 2.23. The third-order valence-corrected chi connectivity index (χ3v) is 3.09. The molecule has 0 aliphatic carbocycles. The standard InChI is InChI=1S/C9H18N2OS/c1-6-5-8(7(2)12-6)11(4)9(13)10-3/h6-8H,5H2,1-4H3,(H,10,13). The summed E-state index contributed by atoms with van der Waals surface area (Å²) in [6, 6.07) is 0.412. The summed E-state index contributed by atoms with van der Waals surface area (Å²) in [6.07, 6.45) is 1.67. The van der Waals surface area contributed by atoms with Crippen LogP contribution in [-0.4, -0.2) is 42.4 Å². The molecule has 3 nitrogen and oxygen atoms in total. The third kappa shape index (κ3) is 2.31. The van der Waals surface area contributed by atoms with Gasteiger partial charge in [0, 0.05) is 14.1 Å². The van der Waals surface area contributed by atoms with Gasteiger partial charge in [0.2, 0.25) is 0 Å². The maximum Gasteiger partial charge on any atom is 0.168 e. The largest absolute Gasteiger partial charge is 0.373 e. The maximum atomic E-state index is 5.66. The van der Waals surface area contributed by atoms with E-state index in [1.807, 2.05) is 14.1 Å². The highest BCUT2D eigenvalue weighted by Gasteiger charge is 2.33. The van der Waals surface area contributed by atoms with Gasteiger partial charge in [-0.1, -0.05) is 0 Å². The molecule has 4 heteroatoms. The van der Waals surface area contributed by atoms with E-state index in [2.05, 4.69) is 24.1 Å². The molecule has 0 bridgehead atoms. The molecule has 1 saturated heterocycles.